The molecule has 0 aromatic carbocycles. The second-order valence-corrected chi connectivity index (χ2v) is 5.16. The Morgan fingerprint density at radius 2 is 2.33 bits per heavy atom. The number of carboxylic acid groups (broad SMARTS) is 1. The second-order valence-electron chi connectivity index (χ2n) is 5.16. The van der Waals surface area contributed by atoms with Gasteiger partial charge in [0.25, 0.3) is 0 Å². The molecule has 1 N–H and O–H groups in total. The molecule has 1 fully saturated rings. The summed E-state index contributed by atoms with van der Waals surface area (Å²) >= 11 is 0. The van der Waals surface area contributed by atoms with Gasteiger partial charge in [-0.1, -0.05) is 0 Å². The van der Waals surface area contributed by atoms with E-state index < -0.39 is 5.97 Å². The maximum Gasteiger partial charge on any atom is 0.337 e. The zero-order valence-corrected chi connectivity index (χ0v) is 10.7. The van der Waals surface area contributed by atoms with E-state index in [9.17, 15) is 4.79 Å². The number of hydrogen-bond acceptors (Lipinski definition) is 4. The number of hydrogen-bond donors (Lipinski definition) is 1. The van der Waals surface area contributed by atoms with Crippen molar-refractivity contribution >= 4 is 5.97 Å². The van der Waals surface area contributed by atoms with Crippen molar-refractivity contribution in [2.45, 2.75) is 26.0 Å². The van der Waals surface area contributed by atoms with Crippen molar-refractivity contribution in [1.82, 2.24) is 9.88 Å². The fraction of sp³-hybridized carbons (Fsp3) is 0.538. The van der Waals surface area contributed by atoms with E-state index in [1.807, 2.05) is 0 Å². The van der Waals surface area contributed by atoms with Crippen LogP contribution in [0.5, 0.6) is 0 Å². The summed E-state index contributed by atoms with van der Waals surface area (Å²) in [5.41, 5.74) is 0.984. The van der Waals surface area contributed by atoms with Gasteiger partial charge in [-0.3, -0.25) is 9.88 Å². The third kappa shape index (κ3) is 3.27. The van der Waals surface area contributed by atoms with Crippen LogP contribution in [0.25, 0.3) is 0 Å². The number of carbonyl (C=O) groups is 1. The van der Waals surface area contributed by atoms with Gasteiger partial charge in [-0.05, 0) is 26.0 Å². The molecule has 0 atom stereocenters. The largest absolute Gasteiger partial charge is 0.478 e. The molecule has 1 saturated heterocycles. The molecule has 2 rings (SSSR count). The van der Waals surface area contributed by atoms with E-state index in [-0.39, 0.29) is 11.2 Å². The maximum absolute atomic E-state index is 10.7. The van der Waals surface area contributed by atoms with Gasteiger partial charge in [0.05, 0.1) is 23.5 Å². The van der Waals surface area contributed by atoms with E-state index in [4.69, 9.17) is 9.84 Å². The summed E-state index contributed by atoms with van der Waals surface area (Å²) in [5, 5.41) is 8.80. The molecule has 0 spiro atoms. The molecule has 1 aliphatic rings. The summed E-state index contributed by atoms with van der Waals surface area (Å²) < 4.78 is 5.64. The monoisotopic (exact) mass is 250 g/mol. The van der Waals surface area contributed by atoms with E-state index in [2.05, 4.69) is 23.7 Å². The summed E-state index contributed by atoms with van der Waals surface area (Å²) in [6, 6.07) is 3.36. The minimum absolute atomic E-state index is 0.126. The van der Waals surface area contributed by atoms with E-state index >= 15 is 0 Å². The van der Waals surface area contributed by atoms with E-state index in [1.54, 1.807) is 12.1 Å². The fourth-order valence-corrected chi connectivity index (χ4v) is 2.12. The second kappa shape index (κ2) is 5.04. The van der Waals surface area contributed by atoms with Crippen LogP contribution in [-0.4, -0.2) is 46.3 Å². The number of morpholine rings is 1. The zero-order chi connectivity index (χ0) is 13.2. The topological polar surface area (TPSA) is 62.7 Å². The number of rotatable bonds is 3. The minimum atomic E-state index is -0.943. The van der Waals surface area contributed by atoms with Crippen LogP contribution in [0.15, 0.2) is 18.3 Å². The van der Waals surface area contributed by atoms with Gasteiger partial charge >= 0.3 is 5.97 Å². The lowest BCUT2D eigenvalue weighted by Gasteiger charge is -2.37. The van der Waals surface area contributed by atoms with Crippen LogP contribution in [0.2, 0.25) is 0 Å². The van der Waals surface area contributed by atoms with Crippen molar-refractivity contribution in [3.8, 4) is 0 Å². The van der Waals surface area contributed by atoms with Gasteiger partial charge in [0.1, 0.15) is 0 Å². The molecule has 1 aromatic heterocycles. The highest BCUT2D eigenvalue weighted by atomic mass is 16.5. The van der Waals surface area contributed by atoms with Crippen LogP contribution < -0.4 is 0 Å². The third-order valence-electron chi connectivity index (χ3n) is 2.96. The molecule has 98 valence electrons. The molecule has 18 heavy (non-hydrogen) atoms. The molecule has 0 unspecified atom stereocenters. The zero-order valence-electron chi connectivity index (χ0n) is 10.7. The average Bonchev–Trinajstić information content (AvgIpc) is 2.28. The first-order valence-electron chi connectivity index (χ1n) is 6.01. The van der Waals surface area contributed by atoms with E-state index in [1.165, 1.54) is 6.20 Å². The molecule has 5 heteroatoms. The molecular weight excluding hydrogens is 232 g/mol. The highest BCUT2D eigenvalue weighted by Gasteiger charge is 2.27. The molecular formula is C13H18N2O3. The summed E-state index contributed by atoms with van der Waals surface area (Å²) in [5.74, 6) is -0.943. The van der Waals surface area contributed by atoms with Crippen LogP contribution >= 0.6 is 0 Å². The van der Waals surface area contributed by atoms with Crippen molar-refractivity contribution in [2.75, 3.05) is 19.7 Å². The maximum atomic E-state index is 10.7. The molecule has 2 heterocycles. The first-order chi connectivity index (χ1) is 8.46. The smallest absolute Gasteiger partial charge is 0.337 e. The van der Waals surface area contributed by atoms with Gasteiger partial charge in [-0.25, -0.2) is 4.79 Å². The predicted octanol–water partition coefficient (Wildman–Crippen LogP) is 1.39. The summed E-state index contributed by atoms with van der Waals surface area (Å²) in [7, 11) is 0. The quantitative estimate of drug-likeness (QED) is 0.878. The molecule has 1 aliphatic heterocycles. The van der Waals surface area contributed by atoms with Gasteiger partial charge < -0.3 is 9.84 Å². The average molecular weight is 250 g/mol. The van der Waals surface area contributed by atoms with Gasteiger partial charge in [0, 0.05) is 25.8 Å². The van der Waals surface area contributed by atoms with Gasteiger partial charge in [-0.2, -0.15) is 0 Å². The van der Waals surface area contributed by atoms with Crippen LogP contribution in [-0.2, 0) is 11.3 Å². The van der Waals surface area contributed by atoms with E-state index in [0.29, 0.717) is 0 Å². The first-order valence-corrected chi connectivity index (χ1v) is 6.01. The Balaban J connectivity index is 1.99. The summed E-state index contributed by atoms with van der Waals surface area (Å²) in [6.07, 6.45) is 1.41. The third-order valence-corrected chi connectivity index (χ3v) is 2.96. The van der Waals surface area contributed by atoms with Crippen molar-refractivity contribution in [1.29, 1.82) is 0 Å². The Hall–Kier alpha value is -1.46. The molecule has 0 amide bonds. The Morgan fingerprint density at radius 1 is 1.56 bits per heavy atom. The highest BCUT2D eigenvalue weighted by Crippen LogP contribution is 2.17. The number of pyridine rings is 1. The minimum Gasteiger partial charge on any atom is -0.478 e. The van der Waals surface area contributed by atoms with Crippen LogP contribution in [0.3, 0.4) is 0 Å². The van der Waals surface area contributed by atoms with Crippen molar-refractivity contribution in [3.63, 3.8) is 0 Å². The standard InChI is InChI=1S/C13H18N2O3/c1-13(2)9-15(5-6-18-13)8-11-4-3-10(7-14-11)12(16)17/h3-4,7H,5-6,8-9H2,1-2H3,(H,16,17). The van der Waals surface area contributed by atoms with E-state index in [0.717, 1.165) is 31.9 Å². The predicted molar refractivity (Wildman–Crippen MR) is 66.5 cm³/mol. The van der Waals surface area contributed by atoms with Gasteiger partial charge in [0.2, 0.25) is 0 Å². The molecule has 1 aromatic rings. The van der Waals surface area contributed by atoms with Crippen LogP contribution in [0.1, 0.15) is 29.9 Å². The lowest BCUT2D eigenvalue weighted by Crippen LogP contribution is -2.47. The van der Waals surface area contributed by atoms with Crippen molar-refractivity contribution < 1.29 is 14.6 Å². The van der Waals surface area contributed by atoms with Crippen LogP contribution in [0.4, 0.5) is 0 Å². The van der Waals surface area contributed by atoms with Crippen LogP contribution in [0, 0.1) is 0 Å². The fourth-order valence-electron chi connectivity index (χ4n) is 2.12. The lowest BCUT2D eigenvalue weighted by atomic mass is 10.1. The Morgan fingerprint density at radius 3 is 2.89 bits per heavy atom. The number of aromatic carboxylic acids is 1. The Bertz CT molecular complexity index is 428. The van der Waals surface area contributed by atoms with Crippen molar-refractivity contribution in [3.05, 3.63) is 29.6 Å². The molecule has 0 aliphatic carbocycles. The van der Waals surface area contributed by atoms with Crippen molar-refractivity contribution in [2.24, 2.45) is 0 Å². The number of ether oxygens (including phenoxy) is 1. The molecule has 0 radical (unpaired) electrons. The first kappa shape index (κ1) is 13.0. The summed E-state index contributed by atoms with van der Waals surface area (Å²) in [4.78, 5) is 17.2. The summed E-state index contributed by atoms with van der Waals surface area (Å²) in [6.45, 7) is 7.33. The van der Waals surface area contributed by atoms with Gasteiger partial charge in [0.15, 0.2) is 0 Å². The Labute approximate surface area is 106 Å². The lowest BCUT2D eigenvalue weighted by molar-refractivity contribution is -0.0885. The number of nitrogens with zero attached hydrogens (tertiary/aromatic N) is 2. The Kier molecular flexibility index (Phi) is 3.63. The molecule has 0 bridgehead atoms. The SMILES string of the molecule is CC1(C)CN(Cc2ccc(C(=O)O)cn2)CCO1. The number of carboxylic acids is 1. The molecule has 5 nitrogen and oxygen atoms in total. The highest BCUT2D eigenvalue weighted by molar-refractivity contribution is 5.87. The van der Waals surface area contributed by atoms with Gasteiger partial charge in [-0.15, -0.1) is 0 Å². The number of aromatic nitrogens is 1. The molecule has 0 saturated carbocycles. The normalized spacial score (nSPS) is 19.7.